The Labute approximate surface area is 204 Å². The van der Waals surface area contributed by atoms with Crippen molar-refractivity contribution in [3.05, 3.63) is 46.7 Å². The molecule has 190 valence electrons. The number of allylic oxidation sites excluding steroid dienone is 1. The van der Waals surface area contributed by atoms with Crippen LogP contribution in [0.3, 0.4) is 0 Å². The average molecular weight is 477 g/mol. The Balaban J connectivity index is 1.61. The SMILES string of the molecule is CCCCC(C)Cc1cc2c(c(F)c1F)CC(C1=NC(F)N(CCCCC(C)CC)C=C1)CC2. The minimum absolute atomic E-state index is 0.0715. The van der Waals surface area contributed by atoms with Crippen molar-refractivity contribution in [2.75, 3.05) is 6.54 Å². The molecule has 4 unspecified atom stereocenters. The zero-order valence-corrected chi connectivity index (χ0v) is 21.6. The number of halogens is 3. The maximum absolute atomic E-state index is 15.1. The summed E-state index contributed by atoms with van der Waals surface area (Å²) >= 11 is 0. The molecule has 0 radical (unpaired) electrons. The summed E-state index contributed by atoms with van der Waals surface area (Å²) in [4.78, 5) is 5.94. The van der Waals surface area contributed by atoms with Crippen molar-refractivity contribution in [2.45, 2.75) is 105 Å². The largest absolute Gasteiger partial charge is 0.330 e. The lowest BCUT2D eigenvalue weighted by Crippen LogP contribution is -2.33. The molecule has 0 N–H and O–H groups in total. The maximum atomic E-state index is 15.1. The molecule has 2 aliphatic rings. The number of alkyl halides is 1. The summed E-state index contributed by atoms with van der Waals surface area (Å²) < 4.78 is 44.7. The van der Waals surface area contributed by atoms with Crippen LogP contribution in [0.1, 0.15) is 95.8 Å². The van der Waals surface area contributed by atoms with Crippen LogP contribution in [0.4, 0.5) is 13.2 Å². The van der Waals surface area contributed by atoms with Gasteiger partial charge in [-0.15, -0.1) is 0 Å². The predicted octanol–water partition coefficient (Wildman–Crippen LogP) is 8.18. The van der Waals surface area contributed by atoms with Gasteiger partial charge in [0.1, 0.15) is 0 Å². The molecular formula is C29H43F3N2. The molecule has 1 heterocycles. The number of hydrogen-bond donors (Lipinski definition) is 0. The number of benzene rings is 1. The van der Waals surface area contributed by atoms with Crippen LogP contribution >= 0.6 is 0 Å². The van der Waals surface area contributed by atoms with Gasteiger partial charge in [-0.2, -0.15) is 4.39 Å². The molecule has 34 heavy (non-hydrogen) atoms. The molecule has 1 aliphatic heterocycles. The van der Waals surface area contributed by atoms with Crippen molar-refractivity contribution in [3.63, 3.8) is 0 Å². The van der Waals surface area contributed by atoms with Crippen molar-refractivity contribution in [1.82, 2.24) is 4.90 Å². The lowest BCUT2D eigenvalue weighted by Gasteiger charge is -2.31. The molecule has 1 aromatic carbocycles. The zero-order valence-electron chi connectivity index (χ0n) is 21.6. The summed E-state index contributed by atoms with van der Waals surface area (Å²) in [5, 5.41) is 0. The van der Waals surface area contributed by atoms with Crippen molar-refractivity contribution < 1.29 is 13.2 Å². The van der Waals surface area contributed by atoms with Crippen molar-refractivity contribution >= 4 is 5.71 Å². The molecule has 5 heteroatoms. The number of aliphatic imine (C=N–C) groups is 1. The molecule has 0 spiro atoms. The Kier molecular flexibility index (Phi) is 10.1. The van der Waals surface area contributed by atoms with Crippen LogP contribution < -0.4 is 0 Å². The van der Waals surface area contributed by atoms with Gasteiger partial charge in [0, 0.05) is 24.4 Å². The highest BCUT2D eigenvalue weighted by Crippen LogP contribution is 2.33. The first kappa shape index (κ1) is 26.8. The molecule has 1 aromatic rings. The van der Waals surface area contributed by atoms with Crippen LogP contribution in [0.5, 0.6) is 0 Å². The molecule has 0 bridgehead atoms. The van der Waals surface area contributed by atoms with Crippen molar-refractivity contribution in [3.8, 4) is 0 Å². The van der Waals surface area contributed by atoms with Crippen molar-refractivity contribution in [2.24, 2.45) is 22.7 Å². The molecule has 0 aromatic heterocycles. The van der Waals surface area contributed by atoms with Gasteiger partial charge < -0.3 is 4.90 Å². The van der Waals surface area contributed by atoms with E-state index in [1.54, 1.807) is 11.1 Å². The van der Waals surface area contributed by atoms with E-state index in [0.29, 0.717) is 54.5 Å². The van der Waals surface area contributed by atoms with Crippen LogP contribution in [0.2, 0.25) is 0 Å². The number of unbranched alkanes of at least 4 members (excludes halogenated alkanes) is 2. The summed E-state index contributed by atoms with van der Waals surface area (Å²) in [6.45, 7) is 9.35. The van der Waals surface area contributed by atoms with Crippen LogP contribution in [0.25, 0.3) is 0 Å². The van der Waals surface area contributed by atoms with Crippen molar-refractivity contribution in [1.29, 1.82) is 0 Å². The molecule has 3 rings (SSSR count). The highest BCUT2D eigenvalue weighted by atomic mass is 19.2. The third-order valence-corrected chi connectivity index (χ3v) is 7.75. The highest BCUT2D eigenvalue weighted by Gasteiger charge is 2.30. The third kappa shape index (κ3) is 6.88. The second-order valence-corrected chi connectivity index (χ2v) is 10.6. The number of rotatable bonds is 12. The van der Waals surface area contributed by atoms with Crippen LogP contribution in [0.15, 0.2) is 23.3 Å². The van der Waals surface area contributed by atoms with E-state index in [0.717, 1.165) is 44.1 Å². The molecule has 0 amide bonds. The van der Waals surface area contributed by atoms with E-state index in [9.17, 15) is 8.78 Å². The van der Waals surface area contributed by atoms with E-state index in [2.05, 4.69) is 32.7 Å². The van der Waals surface area contributed by atoms with Crippen LogP contribution in [-0.4, -0.2) is 23.6 Å². The minimum Gasteiger partial charge on any atom is -0.330 e. The van der Waals surface area contributed by atoms with E-state index < -0.39 is 18.1 Å². The van der Waals surface area contributed by atoms with Gasteiger partial charge in [0.05, 0.1) is 0 Å². The van der Waals surface area contributed by atoms with Gasteiger partial charge in [-0.25, -0.2) is 13.8 Å². The minimum atomic E-state index is -1.39. The Hall–Kier alpha value is -1.78. The molecule has 0 saturated heterocycles. The smallest absolute Gasteiger partial charge is 0.266 e. The zero-order chi connectivity index (χ0) is 24.7. The van der Waals surface area contributed by atoms with Gasteiger partial charge in [-0.3, -0.25) is 0 Å². The van der Waals surface area contributed by atoms with Gasteiger partial charge >= 0.3 is 0 Å². The van der Waals surface area contributed by atoms with E-state index >= 15 is 4.39 Å². The first-order valence-corrected chi connectivity index (χ1v) is 13.5. The fourth-order valence-electron chi connectivity index (χ4n) is 5.23. The number of hydrogen-bond acceptors (Lipinski definition) is 2. The first-order chi connectivity index (χ1) is 16.3. The Bertz CT molecular complexity index is 863. The maximum Gasteiger partial charge on any atom is 0.266 e. The van der Waals surface area contributed by atoms with E-state index in [1.165, 1.54) is 12.8 Å². The number of aryl methyl sites for hydroxylation is 1. The molecule has 1 aliphatic carbocycles. The molecule has 0 saturated carbocycles. The second-order valence-electron chi connectivity index (χ2n) is 10.6. The molecular weight excluding hydrogens is 433 g/mol. The van der Waals surface area contributed by atoms with Gasteiger partial charge in [0.25, 0.3) is 6.42 Å². The molecule has 4 atom stereocenters. The lowest BCUT2D eigenvalue weighted by molar-refractivity contribution is 0.134. The monoisotopic (exact) mass is 476 g/mol. The highest BCUT2D eigenvalue weighted by molar-refractivity contribution is 5.97. The fourth-order valence-corrected chi connectivity index (χ4v) is 5.23. The van der Waals surface area contributed by atoms with Crippen LogP contribution in [0, 0.1) is 29.4 Å². The van der Waals surface area contributed by atoms with Gasteiger partial charge in [-0.1, -0.05) is 72.3 Å². The quantitative estimate of drug-likeness (QED) is 0.219. The van der Waals surface area contributed by atoms with E-state index in [4.69, 9.17) is 0 Å². The van der Waals surface area contributed by atoms with Crippen LogP contribution in [-0.2, 0) is 19.3 Å². The average Bonchev–Trinajstić information content (AvgIpc) is 2.84. The third-order valence-electron chi connectivity index (χ3n) is 7.75. The Morgan fingerprint density at radius 2 is 1.82 bits per heavy atom. The number of fused-ring (bicyclic) bond motifs is 1. The first-order valence-electron chi connectivity index (χ1n) is 13.5. The number of nitrogens with zero attached hydrogens (tertiary/aromatic N) is 2. The topological polar surface area (TPSA) is 15.6 Å². The Morgan fingerprint density at radius 3 is 2.53 bits per heavy atom. The predicted molar refractivity (Wildman–Crippen MR) is 136 cm³/mol. The summed E-state index contributed by atoms with van der Waals surface area (Å²) in [7, 11) is 0. The second kappa shape index (κ2) is 12.8. The van der Waals surface area contributed by atoms with Gasteiger partial charge in [-0.05, 0) is 66.7 Å². The van der Waals surface area contributed by atoms with Gasteiger partial charge in [0.15, 0.2) is 11.6 Å². The normalized spacial score (nSPS) is 21.9. The van der Waals surface area contributed by atoms with Gasteiger partial charge in [0.2, 0.25) is 0 Å². The molecule has 0 fully saturated rings. The lowest BCUT2D eigenvalue weighted by atomic mass is 9.79. The summed E-state index contributed by atoms with van der Waals surface area (Å²) in [5.41, 5.74) is 2.54. The van der Waals surface area contributed by atoms with E-state index in [1.807, 2.05) is 12.1 Å². The standard InChI is InChI=1S/C29H43F3N2/c1-5-7-10-21(4)17-24-18-22-12-13-23(19-25(22)28(31)27(24)30)26-14-16-34(29(32)33-26)15-9-8-11-20(3)6-2/h14,16,18,20-21,23,29H,5-13,15,17,19H2,1-4H3. The summed E-state index contributed by atoms with van der Waals surface area (Å²) in [5.74, 6) is -0.430. The van der Waals surface area contributed by atoms with E-state index in [-0.39, 0.29) is 5.92 Å². The fraction of sp³-hybridized carbons (Fsp3) is 0.690. The Morgan fingerprint density at radius 1 is 1.06 bits per heavy atom. The summed E-state index contributed by atoms with van der Waals surface area (Å²) in [6, 6.07) is 1.88. The molecule has 2 nitrogen and oxygen atoms in total. The summed E-state index contributed by atoms with van der Waals surface area (Å²) in [6.07, 6.45) is 12.3.